The Morgan fingerprint density at radius 2 is 2.10 bits per heavy atom. The number of carboxylic acids is 1. The lowest BCUT2D eigenvalue weighted by molar-refractivity contribution is -0.142. The van der Waals surface area contributed by atoms with E-state index in [4.69, 9.17) is 16.7 Å². The number of rotatable bonds is 7. The normalized spacial score (nSPS) is 11.9. The molecule has 0 aliphatic rings. The van der Waals surface area contributed by atoms with Crippen LogP contribution in [0.1, 0.15) is 37.3 Å². The monoisotopic (exact) mass is 297 g/mol. The molecule has 0 aliphatic heterocycles. The van der Waals surface area contributed by atoms with E-state index in [1.165, 1.54) is 0 Å². The minimum Gasteiger partial charge on any atom is -0.480 e. The number of carbonyl (C=O) groups excluding carboxylic acids is 1. The van der Waals surface area contributed by atoms with Crippen LogP contribution in [0.4, 0.5) is 0 Å². The number of hydrogen-bond acceptors (Lipinski definition) is 2. The summed E-state index contributed by atoms with van der Waals surface area (Å²) in [6, 6.07) is 4.88. The van der Waals surface area contributed by atoms with E-state index in [1.54, 1.807) is 0 Å². The number of nitrogens with one attached hydrogen (secondary N) is 1. The highest BCUT2D eigenvalue weighted by Crippen LogP contribution is 2.17. The third-order valence-corrected chi connectivity index (χ3v) is 3.49. The van der Waals surface area contributed by atoms with Crippen LogP contribution in [0.3, 0.4) is 0 Å². The largest absolute Gasteiger partial charge is 0.480 e. The third kappa shape index (κ3) is 5.21. The molecule has 2 N–H and O–H groups in total. The van der Waals surface area contributed by atoms with Gasteiger partial charge in [-0.1, -0.05) is 37.1 Å². The van der Waals surface area contributed by atoms with Crippen LogP contribution >= 0.6 is 11.6 Å². The Morgan fingerprint density at radius 1 is 1.40 bits per heavy atom. The first-order valence-corrected chi connectivity index (χ1v) is 7.09. The molecule has 4 nitrogen and oxygen atoms in total. The molecule has 0 saturated heterocycles. The number of hydrogen-bond donors (Lipinski definition) is 2. The Morgan fingerprint density at radius 3 is 2.65 bits per heavy atom. The Hall–Kier alpha value is -1.55. The van der Waals surface area contributed by atoms with Crippen LogP contribution in [0.2, 0.25) is 5.02 Å². The summed E-state index contributed by atoms with van der Waals surface area (Å²) in [5, 5.41) is 12.2. The molecule has 0 saturated carbocycles. The number of aryl methyl sites for hydroxylation is 2. The van der Waals surface area contributed by atoms with Gasteiger partial charge in [0, 0.05) is 11.4 Å². The highest BCUT2D eigenvalue weighted by atomic mass is 35.5. The molecule has 0 fully saturated rings. The number of amides is 1. The highest BCUT2D eigenvalue weighted by Gasteiger charge is 2.18. The molecule has 1 amide bonds. The molecule has 1 rings (SSSR count). The maximum Gasteiger partial charge on any atom is 0.326 e. The molecule has 0 heterocycles. The van der Waals surface area contributed by atoms with Gasteiger partial charge in [-0.05, 0) is 37.0 Å². The molecule has 5 heteroatoms. The molecule has 20 heavy (non-hydrogen) atoms. The van der Waals surface area contributed by atoms with Crippen molar-refractivity contribution in [2.45, 2.75) is 45.6 Å². The van der Waals surface area contributed by atoms with Gasteiger partial charge in [0.25, 0.3) is 0 Å². The maximum absolute atomic E-state index is 11.8. The Kier molecular flexibility index (Phi) is 6.52. The summed E-state index contributed by atoms with van der Waals surface area (Å²) in [4.78, 5) is 22.7. The van der Waals surface area contributed by atoms with Crippen molar-refractivity contribution >= 4 is 23.5 Å². The zero-order valence-corrected chi connectivity index (χ0v) is 12.5. The summed E-state index contributed by atoms with van der Waals surface area (Å²) in [5.74, 6) is -1.24. The number of aliphatic carboxylic acids is 1. The average molecular weight is 298 g/mol. The van der Waals surface area contributed by atoms with Gasteiger partial charge in [0.05, 0.1) is 0 Å². The van der Waals surface area contributed by atoms with Crippen LogP contribution < -0.4 is 5.32 Å². The smallest absolute Gasteiger partial charge is 0.326 e. The first-order valence-electron chi connectivity index (χ1n) is 6.71. The van der Waals surface area contributed by atoms with Crippen LogP contribution in [0, 0.1) is 6.92 Å². The fourth-order valence-corrected chi connectivity index (χ4v) is 2.07. The quantitative estimate of drug-likeness (QED) is 0.813. The Labute approximate surface area is 124 Å². The van der Waals surface area contributed by atoms with Crippen LogP contribution in [0.25, 0.3) is 0 Å². The fraction of sp³-hybridized carbons (Fsp3) is 0.467. The van der Waals surface area contributed by atoms with E-state index in [9.17, 15) is 9.59 Å². The van der Waals surface area contributed by atoms with Crippen molar-refractivity contribution in [3.05, 3.63) is 34.3 Å². The molecule has 0 bridgehead atoms. The van der Waals surface area contributed by atoms with Crippen molar-refractivity contribution in [1.82, 2.24) is 5.32 Å². The maximum atomic E-state index is 11.8. The van der Waals surface area contributed by atoms with Crippen LogP contribution in [-0.4, -0.2) is 23.0 Å². The average Bonchev–Trinajstić information content (AvgIpc) is 2.39. The third-order valence-electron chi connectivity index (χ3n) is 3.09. The van der Waals surface area contributed by atoms with E-state index in [-0.39, 0.29) is 12.3 Å². The summed E-state index contributed by atoms with van der Waals surface area (Å²) in [6.45, 7) is 3.80. The summed E-state index contributed by atoms with van der Waals surface area (Å²) in [7, 11) is 0. The minimum atomic E-state index is -0.987. The first-order chi connectivity index (χ1) is 9.43. The van der Waals surface area contributed by atoms with Gasteiger partial charge >= 0.3 is 5.97 Å². The van der Waals surface area contributed by atoms with Crippen molar-refractivity contribution in [1.29, 1.82) is 0 Å². The van der Waals surface area contributed by atoms with Gasteiger partial charge in [-0.15, -0.1) is 0 Å². The molecule has 0 radical (unpaired) electrons. The summed E-state index contributed by atoms with van der Waals surface area (Å²) in [5.41, 5.74) is 1.96. The molecule has 110 valence electrons. The molecule has 0 aliphatic carbocycles. The van der Waals surface area contributed by atoms with Gasteiger partial charge in [0.1, 0.15) is 6.04 Å². The van der Waals surface area contributed by atoms with Gasteiger partial charge in [-0.25, -0.2) is 4.79 Å². The number of benzene rings is 1. The summed E-state index contributed by atoms with van der Waals surface area (Å²) < 4.78 is 0. The van der Waals surface area contributed by atoms with E-state index >= 15 is 0 Å². The Bertz CT molecular complexity index is 488. The zero-order valence-electron chi connectivity index (χ0n) is 11.8. The van der Waals surface area contributed by atoms with Crippen LogP contribution in [0.15, 0.2) is 18.2 Å². The predicted molar refractivity (Wildman–Crippen MR) is 79.0 cm³/mol. The van der Waals surface area contributed by atoms with E-state index in [0.29, 0.717) is 24.3 Å². The fourth-order valence-electron chi connectivity index (χ4n) is 1.86. The lowest BCUT2D eigenvalue weighted by atomic mass is 10.1. The van der Waals surface area contributed by atoms with Gasteiger partial charge in [-0.2, -0.15) is 0 Å². The van der Waals surface area contributed by atoms with Gasteiger partial charge in [0.15, 0.2) is 0 Å². The first kappa shape index (κ1) is 16.5. The molecule has 0 spiro atoms. The van der Waals surface area contributed by atoms with E-state index < -0.39 is 12.0 Å². The topological polar surface area (TPSA) is 66.4 Å². The van der Waals surface area contributed by atoms with Crippen molar-refractivity contribution in [2.24, 2.45) is 0 Å². The molecular weight excluding hydrogens is 278 g/mol. The molecule has 1 atom stereocenters. The van der Waals surface area contributed by atoms with E-state index in [0.717, 1.165) is 11.1 Å². The summed E-state index contributed by atoms with van der Waals surface area (Å²) >= 11 is 6.02. The number of halogens is 1. The second-order valence-electron chi connectivity index (χ2n) is 4.83. The van der Waals surface area contributed by atoms with Crippen molar-refractivity contribution in [3.8, 4) is 0 Å². The summed E-state index contributed by atoms with van der Waals surface area (Å²) in [6.07, 6.45) is 1.96. The van der Waals surface area contributed by atoms with Crippen LogP contribution in [0.5, 0.6) is 0 Å². The van der Waals surface area contributed by atoms with Crippen molar-refractivity contribution in [2.75, 3.05) is 0 Å². The molecular formula is C15H20ClNO3. The second-order valence-corrected chi connectivity index (χ2v) is 5.24. The number of carboxylic acid groups (broad SMARTS) is 1. The van der Waals surface area contributed by atoms with E-state index in [2.05, 4.69) is 5.32 Å². The van der Waals surface area contributed by atoms with E-state index in [1.807, 2.05) is 32.0 Å². The SMILES string of the molecule is CCCC(NC(=O)CCc1ccc(C)c(Cl)c1)C(=O)O. The standard InChI is InChI=1S/C15H20ClNO3/c1-3-4-13(15(19)20)17-14(18)8-7-11-6-5-10(2)12(16)9-11/h5-6,9,13H,3-4,7-8H2,1-2H3,(H,17,18)(H,19,20). The lowest BCUT2D eigenvalue weighted by Crippen LogP contribution is -2.40. The van der Waals surface area contributed by atoms with Gasteiger partial charge < -0.3 is 10.4 Å². The molecule has 0 aromatic heterocycles. The molecule has 1 aromatic rings. The molecule has 1 aromatic carbocycles. The highest BCUT2D eigenvalue weighted by molar-refractivity contribution is 6.31. The molecule has 1 unspecified atom stereocenters. The van der Waals surface area contributed by atoms with Crippen molar-refractivity contribution < 1.29 is 14.7 Å². The van der Waals surface area contributed by atoms with Gasteiger partial charge in [0.2, 0.25) is 5.91 Å². The predicted octanol–water partition coefficient (Wildman–Crippen LogP) is 2.95. The lowest BCUT2D eigenvalue weighted by Gasteiger charge is -2.13. The Balaban J connectivity index is 2.50. The van der Waals surface area contributed by atoms with Crippen LogP contribution in [-0.2, 0) is 16.0 Å². The van der Waals surface area contributed by atoms with Gasteiger partial charge in [-0.3, -0.25) is 4.79 Å². The number of carbonyl (C=O) groups is 2. The minimum absolute atomic E-state index is 0.248. The second kappa shape index (κ2) is 7.90. The zero-order chi connectivity index (χ0) is 15.1. The van der Waals surface area contributed by atoms with Crippen molar-refractivity contribution in [3.63, 3.8) is 0 Å².